The van der Waals surface area contributed by atoms with Crippen LogP contribution in [0.5, 0.6) is 0 Å². The van der Waals surface area contributed by atoms with Gasteiger partial charge < -0.3 is 0 Å². The molecule has 0 unspecified atom stereocenters. The third-order valence-corrected chi connectivity index (χ3v) is 2.18. The second-order valence-electron chi connectivity index (χ2n) is 1.46. The van der Waals surface area contributed by atoms with E-state index in [0.717, 1.165) is 11.7 Å². The molecule has 1 amide bonds. The first kappa shape index (κ1) is 7.49. The Morgan fingerprint density at radius 1 is 1.90 bits per heavy atom. The Labute approximate surface area is 66.1 Å². The number of nitrogens with zero attached hydrogens (tertiary/aromatic N) is 2. The van der Waals surface area contributed by atoms with Crippen molar-refractivity contribution < 1.29 is 4.79 Å². The van der Waals surface area contributed by atoms with Crippen molar-refractivity contribution in [1.82, 2.24) is 14.5 Å². The van der Waals surface area contributed by atoms with Gasteiger partial charge in [0.2, 0.25) is 5.91 Å². The van der Waals surface area contributed by atoms with E-state index in [4.69, 9.17) is 5.73 Å². The average Bonchev–Trinajstić information content (AvgIpc) is 2.34. The Morgan fingerprint density at radius 3 is 3.20 bits per heavy atom. The number of carbonyl (C=O) groups is 1. The smallest absolute Gasteiger partial charge is 0.248 e. The summed E-state index contributed by atoms with van der Waals surface area (Å²) in [4.78, 5) is 10.1. The van der Waals surface area contributed by atoms with Crippen LogP contribution >= 0.6 is 23.5 Å². The molecule has 0 bridgehead atoms. The molecule has 0 saturated heterocycles. The highest BCUT2D eigenvalue weighted by Gasteiger charge is 1.99. The summed E-state index contributed by atoms with van der Waals surface area (Å²) < 4.78 is 7.58. The van der Waals surface area contributed by atoms with Crippen LogP contribution < -0.4 is 5.73 Å². The number of nitrogens with one attached hydrogen (secondary N) is 1. The van der Waals surface area contributed by atoms with Gasteiger partial charge >= 0.3 is 0 Å². The van der Waals surface area contributed by atoms with Crippen molar-refractivity contribution >= 4 is 29.4 Å². The Morgan fingerprint density at radius 2 is 2.70 bits per heavy atom. The quantitative estimate of drug-likeness (QED) is 0.623. The van der Waals surface area contributed by atoms with Crippen LogP contribution in [0.15, 0.2) is 11.2 Å². The number of amides is 1. The molecule has 0 saturated carbocycles. The predicted molar refractivity (Wildman–Crippen MR) is 38.7 cm³/mol. The molecule has 0 fully saturated rings. The summed E-state index contributed by atoms with van der Waals surface area (Å²) in [5, 5.41) is 0.714. The standard InChI is InChI=1S/C4H4N3OS2/c5-3(8)2-9-4-1-6-10-7-4/h1,5H,2H2. The molecule has 0 aromatic carbocycles. The number of hydrogen-bond donors (Lipinski definition) is 0. The molecule has 4 nitrogen and oxygen atoms in total. The van der Waals surface area contributed by atoms with E-state index in [1.165, 1.54) is 11.8 Å². The zero-order valence-corrected chi connectivity index (χ0v) is 6.54. The second-order valence-corrected chi connectivity index (χ2v) is 3.01. The lowest BCUT2D eigenvalue weighted by atomic mass is 10.8. The molecule has 0 aliphatic heterocycles. The maximum absolute atomic E-state index is 10.1. The normalized spacial score (nSPS) is 9.60. The van der Waals surface area contributed by atoms with Crippen molar-refractivity contribution in [3.8, 4) is 0 Å². The first-order valence-corrected chi connectivity index (χ1v) is 4.15. The summed E-state index contributed by atoms with van der Waals surface area (Å²) in [6, 6.07) is 0. The van der Waals surface area contributed by atoms with E-state index < -0.39 is 5.91 Å². The lowest BCUT2D eigenvalue weighted by molar-refractivity contribution is -0.116. The Kier molecular flexibility index (Phi) is 2.64. The van der Waals surface area contributed by atoms with Crippen LogP contribution in [0.25, 0.3) is 0 Å². The van der Waals surface area contributed by atoms with E-state index in [1.54, 1.807) is 6.20 Å². The van der Waals surface area contributed by atoms with Crippen molar-refractivity contribution in [2.24, 2.45) is 0 Å². The van der Waals surface area contributed by atoms with Gasteiger partial charge in [-0.05, 0) is 0 Å². The van der Waals surface area contributed by atoms with Crippen LogP contribution in [-0.4, -0.2) is 20.4 Å². The first-order chi connectivity index (χ1) is 4.79. The molecule has 6 heteroatoms. The van der Waals surface area contributed by atoms with Crippen LogP contribution in [0.3, 0.4) is 0 Å². The van der Waals surface area contributed by atoms with E-state index in [9.17, 15) is 4.79 Å². The van der Waals surface area contributed by atoms with Crippen LogP contribution in [0, 0.1) is 0 Å². The summed E-state index contributed by atoms with van der Waals surface area (Å²) in [5.74, 6) is -0.427. The van der Waals surface area contributed by atoms with Crippen molar-refractivity contribution in [1.29, 1.82) is 0 Å². The van der Waals surface area contributed by atoms with E-state index in [1.807, 2.05) is 0 Å². The average molecular weight is 174 g/mol. The predicted octanol–water partition coefficient (Wildman–Crippen LogP) is 0.440. The number of aromatic nitrogens is 2. The van der Waals surface area contributed by atoms with Crippen molar-refractivity contribution in [3.63, 3.8) is 0 Å². The van der Waals surface area contributed by atoms with Crippen LogP contribution in [0.1, 0.15) is 0 Å². The minimum Gasteiger partial charge on any atom is -0.272 e. The Balaban J connectivity index is 2.35. The molecule has 1 aromatic heterocycles. The largest absolute Gasteiger partial charge is 0.272 e. The monoisotopic (exact) mass is 174 g/mol. The maximum atomic E-state index is 10.1. The highest BCUT2D eigenvalue weighted by Crippen LogP contribution is 2.13. The van der Waals surface area contributed by atoms with Gasteiger partial charge in [0.05, 0.1) is 23.7 Å². The molecule has 53 valence electrons. The highest BCUT2D eigenvalue weighted by atomic mass is 32.2. The van der Waals surface area contributed by atoms with Crippen molar-refractivity contribution in [2.75, 3.05) is 5.75 Å². The number of rotatable bonds is 3. The van der Waals surface area contributed by atoms with Crippen LogP contribution in [-0.2, 0) is 4.79 Å². The van der Waals surface area contributed by atoms with Gasteiger partial charge in [-0.1, -0.05) is 11.8 Å². The molecular weight excluding hydrogens is 170 g/mol. The Bertz CT molecular complexity index is 210. The topological polar surface area (TPSA) is 66.7 Å². The molecule has 0 aliphatic rings. The molecule has 1 aromatic rings. The molecule has 0 atom stereocenters. The summed E-state index contributed by atoms with van der Waals surface area (Å²) in [6.07, 6.45) is 1.58. The minimum atomic E-state index is -0.585. The molecule has 10 heavy (non-hydrogen) atoms. The van der Waals surface area contributed by atoms with Crippen LogP contribution in [0.2, 0.25) is 0 Å². The third kappa shape index (κ3) is 2.32. The van der Waals surface area contributed by atoms with Crippen LogP contribution in [0.4, 0.5) is 0 Å². The SMILES string of the molecule is [NH]C(=O)CSc1cnsn1. The lowest BCUT2D eigenvalue weighted by Crippen LogP contribution is -1.99. The van der Waals surface area contributed by atoms with E-state index >= 15 is 0 Å². The summed E-state index contributed by atoms with van der Waals surface area (Å²) in [7, 11) is 0. The number of carbonyl (C=O) groups excluding carboxylic acids is 1. The molecule has 1 heterocycles. The number of thioether (sulfide) groups is 1. The van der Waals surface area contributed by atoms with Gasteiger partial charge in [-0.2, -0.15) is 8.75 Å². The van der Waals surface area contributed by atoms with Gasteiger partial charge in [0, 0.05) is 0 Å². The van der Waals surface area contributed by atoms with Gasteiger partial charge in [0.25, 0.3) is 0 Å². The molecule has 0 spiro atoms. The molecule has 0 aliphatic carbocycles. The highest BCUT2D eigenvalue weighted by molar-refractivity contribution is 7.99. The lowest BCUT2D eigenvalue weighted by Gasteiger charge is -1.87. The molecular formula is C4H4N3OS2. The van der Waals surface area contributed by atoms with Gasteiger partial charge in [-0.3, -0.25) is 10.5 Å². The van der Waals surface area contributed by atoms with Gasteiger partial charge in [-0.15, -0.1) is 0 Å². The molecule has 1 radical (unpaired) electrons. The zero-order valence-electron chi connectivity index (χ0n) is 4.90. The fourth-order valence-corrected chi connectivity index (χ4v) is 1.46. The molecule has 1 N–H and O–H groups in total. The fraction of sp³-hybridized carbons (Fsp3) is 0.250. The third-order valence-electron chi connectivity index (χ3n) is 0.692. The Hall–Kier alpha value is -0.620. The molecule has 1 rings (SSSR count). The fourth-order valence-electron chi connectivity index (χ4n) is 0.359. The van der Waals surface area contributed by atoms with Gasteiger partial charge in [-0.25, -0.2) is 0 Å². The first-order valence-electron chi connectivity index (χ1n) is 2.44. The summed E-state index contributed by atoms with van der Waals surface area (Å²) in [6.45, 7) is 0. The van der Waals surface area contributed by atoms with Gasteiger partial charge in [0.15, 0.2) is 0 Å². The summed E-state index contributed by atoms with van der Waals surface area (Å²) in [5.41, 5.74) is 6.58. The summed E-state index contributed by atoms with van der Waals surface area (Å²) >= 11 is 2.33. The second kappa shape index (κ2) is 3.52. The van der Waals surface area contributed by atoms with E-state index in [2.05, 4.69) is 8.75 Å². The van der Waals surface area contributed by atoms with Gasteiger partial charge in [0.1, 0.15) is 5.03 Å². The van der Waals surface area contributed by atoms with Crippen molar-refractivity contribution in [3.05, 3.63) is 6.20 Å². The van der Waals surface area contributed by atoms with E-state index in [0.29, 0.717) is 5.03 Å². The minimum absolute atomic E-state index is 0.158. The maximum Gasteiger partial charge on any atom is 0.248 e. The number of hydrogen-bond acceptors (Lipinski definition) is 5. The van der Waals surface area contributed by atoms with Crippen molar-refractivity contribution in [2.45, 2.75) is 5.03 Å². The zero-order chi connectivity index (χ0) is 7.40. The van der Waals surface area contributed by atoms with E-state index in [-0.39, 0.29) is 5.75 Å².